The van der Waals surface area contributed by atoms with Crippen LogP contribution in [0.1, 0.15) is 16.6 Å². The smallest absolute Gasteiger partial charge is 0.147 e. The number of hydrogen-bond donors (Lipinski definition) is 1. The van der Waals surface area contributed by atoms with Gasteiger partial charge in [-0.2, -0.15) is 5.10 Å². The molecule has 0 atom stereocenters. The van der Waals surface area contributed by atoms with Crippen LogP contribution in [0.5, 0.6) is 5.75 Å². The van der Waals surface area contributed by atoms with E-state index in [2.05, 4.69) is 42.4 Å². The van der Waals surface area contributed by atoms with Crippen molar-refractivity contribution in [2.24, 2.45) is 5.10 Å². The van der Waals surface area contributed by atoms with E-state index in [0.717, 1.165) is 5.56 Å². The van der Waals surface area contributed by atoms with E-state index in [1.165, 1.54) is 0 Å². The van der Waals surface area contributed by atoms with Gasteiger partial charge in [0.05, 0.1) is 26.3 Å². The molecule has 0 saturated heterocycles. The zero-order valence-corrected chi connectivity index (χ0v) is 11.2. The van der Waals surface area contributed by atoms with Crippen LogP contribution in [0.4, 0.5) is 0 Å². The summed E-state index contributed by atoms with van der Waals surface area (Å²) in [6.07, 6.45) is 1.59. The topological polar surface area (TPSA) is 33.6 Å². The highest BCUT2D eigenvalue weighted by Gasteiger charge is 2.08. The third-order valence-electron chi connectivity index (χ3n) is 1.63. The number of nitrogens with one attached hydrogen (secondary N) is 1. The Morgan fingerprint density at radius 2 is 2.40 bits per heavy atom. The molecule has 0 aromatic heterocycles. The molecule has 3 nitrogen and oxygen atoms in total. The van der Waals surface area contributed by atoms with Gasteiger partial charge in [0, 0.05) is 12.1 Å². The molecule has 0 fully saturated rings. The Kier molecular flexibility index (Phi) is 3.51. The maximum absolute atomic E-state index is 7.12. The standard InChI is InChI=1S/C10H12Br2N2O/c1-3-13-14-6-7-4-5-8(11)10(15-2)9(7)12/h4-6,13H,3H2,1-2H3/b14-6+/i2D3. The summed E-state index contributed by atoms with van der Waals surface area (Å²) in [6, 6.07) is 3.50. The van der Waals surface area contributed by atoms with Crippen molar-refractivity contribution in [3.05, 3.63) is 26.6 Å². The molecule has 0 radical (unpaired) electrons. The minimum atomic E-state index is -2.50. The fourth-order valence-electron chi connectivity index (χ4n) is 0.947. The van der Waals surface area contributed by atoms with Gasteiger partial charge in [-0.3, -0.25) is 0 Å². The zero-order valence-electron chi connectivity index (χ0n) is 11.1. The third-order valence-corrected chi connectivity index (χ3v) is 3.08. The fraction of sp³-hybridized carbons (Fsp3) is 0.300. The predicted octanol–water partition coefficient (Wildman–Crippen LogP) is 3.16. The van der Waals surface area contributed by atoms with E-state index in [9.17, 15) is 0 Å². The van der Waals surface area contributed by atoms with Crippen LogP contribution in [0.25, 0.3) is 0 Å². The van der Waals surface area contributed by atoms with Crippen molar-refractivity contribution in [3.63, 3.8) is 0 Å². The Hall–Kier alpha value is -0.550. The molecule has 1 rings (SSSR count). The van der Waals surface area contributed by atoms with E-state index in [1.54, 1.807) is 18.3 Å². The van der Waals surface area contributed by atoms with Gasteiger partial charge in [-0.05, 0) is 44.8 Å². The molecule has 0 saturated carbocycles. The van der Waals surface area contributed by atoms with Crippen LogP contribution in [0.15, 0.2) is 26.2 Å². The molecule has 1 aromatic rings. The molecule has 0 spiro atoms. The largest absolute Gasteiger partial charge is 0.494 e. The van der Waals surface area contributed by atoms with Gasteiger partial charge >= 0.3 is 0 Å². The van der Waals surface area contributed by atoms with E-state index in [-0.39, 0.29) is 5.75 Å². The first-order chi connectivity index (χ1) is 8.35. The second kappa shape index (κ2) is 6.12. The third kappa shape index (κ3) is 3.21. The van der Waals surface area contributed by atoms with Crippen LogP contribution in [0, 0.1) is 0 Å². The van der Waals surface area contributed by atoms with Crippen LogP contribution in [-0.2, 0) is 0 Å². The number of hydrogen-bond acceptors (Lipinski definition) is 3. The summed E-state index contributed by atoms with van der Waals surface area (Å²) in [5, 5.41) is 3.97. The highest BCUT2D eigenvalue weighted by molar-refractivity contribution is 9.11. The first-order valence-electron chi connectivity index (χ1n) is 5.78. The molecule has 82 valence electrons. The molecule has 0 bridgehead atoms. The highest BCUT2D eigenvalue weighted by atomic mass is 79.9. The maximum Gasteiger partial charge on any atom is 0.147 e. The second-order valence-corrected chi connectivity index (χ2v) is 4.30. The molecular formula is C10H12Br2N2O. The van der Waals surface area contributed by atoms with E-state index in [4.69, 9.17) is 8.85 Å². The second-order valence-electron chi connectivity index (χ2n) is 2.65. The van der Waals surface area contributed by atoms with Crippen molar-refractivity contribution in [1.82, 2.24) is 5.43 Å². The molecule has 1 N–H and O–H groups in total. The molecule has 0 amide bonds. The Balaban J connectivity index is 3.07. The van der Waals surface area contributed by atoms with E-state index in [0.29, 0.717) is 15.5 Å². The van der Waals surface area contributed by atoms with E-state index < -0.39 is 7.04 Å². The van der Waals surface area contributed by atoms with Gasteiger partial charge in [-0.15, -0.1) is 0 Å². The lowest BCUT2D eigenvalue weighted by Gasteiger charge is -2.07. The Labute approximate surface area is 110 Å². The quantitative estimate of drug-likeness (QED) is 0.675. The lowest BCUT2D eigenvalue weighted by atomic mass is 10.2. The maximum atomic E-state index is 7.12. The molecule has 0 aliphatic heterocycles. The number of ether oxygens (including phenoxy) is 1. The van der Waals surface area contributed by atoms with Crippen LogP contribution < -0.4 is 10.2 Å². The van der Waals surface area contributed by atoms with Gasteiger partial charge in [0.2, 0.25) is 0 Å². The Bertz CT molecular complexity index is 449. The number of nitrogens with zero attached hydrogens (tertiary/aromatic N) is 1. The van der Waals surface area contributed by atoms with Crippen molar-refractivity contribution in [1.29, 1.82) is 0 Å². The molecule has 15 heavy (non-hydrogen) atoms. The van der Waals surface area contributed by atoms with Crippen molar-refractivity contribution in [3.8, 4) is 5.75 Å². The Morgan fingerprint density at radius 3 is 3.07 bits per heavy atom. The average Bonchev–Trinajstić information content (AvgIpc) is 2.26. The number of halogens is 2. The molecule has 0 heterocycles. The monoisotopic (exact) mass is 337 g/mol. The number of methoxy groups -OCH3 is 1. The summed E-state index contributed by atoms with van der Waals surface area (Å²) in [7, 11) is -2.50. The van der Waals surface area contributed by atoms with E-state index in [1.807, 2.05) is 6.92 Å². The number of benzene rings is 1. The van der Waals surface area contributed by atoms with E-state index >= 15 is 0 Å². The number of rotatable bonds is 4. The van der Waals surface area contributed by atoms with Gasteiger partial charge in [-0.1, -0.05) is 6.07 Å². The zero-order chi connectivity index (χ0) is 13.8. The molecule has 1 aromatic carbocycles. The number of hydrazone groups is 1. The summed E-state index contributed by atoms with van der Waals surface area (Å²) >= 11 is 6.56. The van der Waals surface area contributed by atoms with Crippen LogP contribution in [-0.4, -0.2) is 19.8 Å². The van der Waals surface area contributed by atoms with Gasteiger partial charge < -0.3 is 10.2 Å². The summed E-state index contributed by atoms with van der Waals surface area (Å²) in [5.41, 5.74) is 3.51. The minimum Gasteiger partial charge on any atom is -0.494 e. The van der Waals surface area contributed by atoms with Crippen molar-refractivity contribution < 1.29 is 8.85 Å². The first-order valence-corrected chi connectivity index (χ1v) is 5.86. The van der Waals surface area contributed by atoms with Crippen LogP contribution in [0.2, 0.25) is 0 Å². The summed E-state index contributed by atoms with van der Waals surface area (Å²) in [5.74, 6) is 0.232. The van der Waals surface area contributed by atoms with Gasteiger partial charge in [0.25, 0.3) is 0 Å². The lowest BCUT2D eigenvalue weighted by molar-refractivity contribution is 0.409. The molecular weight excluding hydrogens is 324 g/mol. The first kappa shape index (κ1) is 8.58. The molecule has 0 unspecified atom stereocenters. The fourth-order valence-corrected chi connectivity index (χ4v) is 2.15. The van der Waals surface area contributed by atoms with Gasteiger partial charge in [0.15, 0.2) is 0 Å². The van der Waals surface area contributed by atoms with Gasteiger partial charge in [-0.25, -0.2) is 0 Å². The summed E-state index contributed by atoms with van der Waals surface area (Å²) in [6.45, 7) is 2.64. The highest BCUT2D eigenvalue weighted by Crippen LogP contribution is 2.34. The normalized spacial score (nSPS) is 14.5. The summed E-state index contributed by atoms with van der Waals surface area (Å²) in [4.78, 5) is 0. The molecule has 0 aliphatic rings. The van der Waals surface area contributed by atoms with Crippen LogP contribution >= 0.6 is 31.9 Å². The predicted molar refractivity (Wildman–Crippen MR) is 69.7 cm³/mol. The average molecular weight is 339 g/mol. The van der Waals surface area contributed by atoms with Crippen molar-refractivity contribution in [2.75, 3.05) is 13.6 Å². The van der Waals surface area contributed by atoms with Crippen molar-refractivity contribution in [2.45, 2.75) is 6.92 Å². The molecule has 5 heteroatoms. The van der Waals surface area contributed by atoms with Crippen LogP contribution in [0.3, 0.4) is 0 Å². The Morgan fingerprint density at radius 1 is 1.60 bits per heavy atom. The summed E-state index contributed by atoms with van der Waals surface area (Å²) < 4.78 is 27.4. The minimum absolute atomic E-state index is 0.232. The SMILES string of the molecule is [2H]C([2H])([2H])Oc1c(Br)ccc(/C=N/NCC)c1Br. The van der Waals surface area contributed by atoms with Gasteiger partial charge in [0.1, 0.15) is 5.75 Å². The lowest BCUT2D eigenvalue weighted by Crippen LogP contribution is -2.03. The van der Waals surface area contributed by atoms with Crippen molar-refractivity contribution >= 4 is 38.1 Å². The molecule has 0 aliphatic carbocycles.